The van der Waals surface area contributed by atoms with E-state index in [0.29, 0.717) is 11.6 Å². The van der Waals surface area contributed by atoms with Crippen LogP contribution in [0.2, 0.25) is 0 Å². The van der Waals surface area contributed by atoms with Crippen LogP contribution in [0.4, 0.5) is 8.78 Å². The minimum absolute atomic E-state index is 0.0229. The monoisotopic (exact) mass is 419 g/mol. The number of hydrogen-bond acceptors (Lipinski definition) is 3. The Morgan fingerprint density at radius 2 is 1.72 bits per heavy atom. The molecule has 8 heteroatoms. The van der Waals surface area contributed by atoms with Gasteiger partial charge in [-0.15, -0.1) is 0 Å². The fourth-order valence-corrected chi connectivity index (χ4v) is 5.67. The second kappa shape index (κ2) is 6.30. The third kappa shape index (κ3) is 3.00. The molecule has 1 aromatic carbocycles. The molecule has 1 aliphatic heterocycles. The molecule has 1 spiro atoms. The standard InChI is InChI=1S/C21H23F2N3O2S/c22-21(23)19(20(21)10-12-26(13-11-20)29(24,27)28)18-7-3-6-17(25-18)16-5-2-1-4-15(16)14-8-9-14/h1-7,14,19H,8-13H2,(H2,24,27,28)/t19-/m0/s1. The van der Waals surface area contributed by atoms with Gasteiger partial charge in [-0.3, -0.25) is 4.98 Å². The third-order valence-electron chi connectivity index (χ3n) is 6.79. The van der Waals surface area contributed by atoms with Crippen LogP contribution in [-0.4, -0.2) is 36.7 Å². The van der Waals surface area contributed by atoms with Crippen LogP contribution < -0.4 is 5.14 Å². The van der Waals surface area contributed by atoms with Crippen molar-refractivity contribution < 1.29 is 17.2 Å². The first kappa shape index (κ1) is 19.1. The molecule has 1 saturated heterocycles. The topological polar surface area (TPSA) is 76.3 Å². The Morgan fingerprint density at radius 3 is 2.38 bits per heavy atom. The molecule has 5 nitrogen and oxygen atoms in total. The van der Waals surface area contributed by atoms with Crippen LogP contribution in [0.25, 0.3) is 11.3 Å². The van der Waals surface area contributed by atoms with Crippen molar-refractivity contribution in [1.82, 2.24) is 9.29 Å². The zero-order valence-electron chi connectivity index (χ0n) is 15.9. The molecule has 0 amide bonds. The minimum atomic E-state index is -3.84. The lowest BCUT2D eigenvalue weighted by molar-refractivity contribution is 0.0412. The smallest absolute Gasteiger partial charge is 0.252 e. The Balaban J connectivity index is 1.45. The lowest BCUT2D eigenvalue weighted by Gasteiger charge is -2.30. The van der Waals surface area contributed by atoms with E-state index < -0.39 is 27.5 Å². The number of benzene rings is 1. The van der Waals surface area contributed by atoms with E-state index in [4.69, 9.17) is 5.14 Å². The van der Waals surface area contributed by atoms with Crippen LogP contribution >= 0.6 is 0 Å². The molecule has 2 N–H and O–H groups in total. The van der Waals surface area contributed by atoms with E-state index in [1.54, 1.807) is 12.1 Å². The second-order valence-corrected chi connectivity index (χ2v) is 10.0. The summed E-state index contributed by atoms with van der Waals surface area (Å²) in [5.41, 5.74) is 2.14. The highest BCUT2D eigenvalue weighted by Gasteiger charge is 2.81. The number of hydrogen-bond donors (Lipinski definition) is 1. The average molecular weight is 419 g/mol. The van der Waals surface area contributed by atoms with E-state index in [2.05, 4.69) is 11.1 Å². The van der Waals surface area contributed by atoms with E-state index in [1.165, 1.54) is 5.56 Å². The van der Waals surface area contributed by atoms with Gasteiger partial charge in [0.1, 0.15) is 0 Å². The van der Waals surface area contributed by atoms with Crippen molar-refractivity contribution >= 4 is 10.2 Å². The highest BCUT2D eigenvalue weighted by molar-refractivity contribution is 7.86. The number of nitrogens with two attached hydrogens (primary N) is 1. The molecule has 5 rings (SSSR count). The van der Waals surface area contributed by atoms with Crippen molar-refractivity contribution in [2.45, 2.75) is 43.4 Å². The van der Waals surface area contributed by atoms with Gasteiger partial charge in [-0.2, -0.15) is 12.7 Å². The molecule has 2 aromatic rings. The third-order valence-corrected chi connectivity index (χ3v) is 7.88. The number of halogens is 2. The zero-order valence-corrected chi connectivity index (χ0v) is 16.7. The first-order valence-corrected chi connectivity index (χ1v) is 11.5. The average Bonchev–Trinajstić information content (AvgIpc) is 3.59. The maximum atomic E-state index is 15.0. The molecule has 2 saturated carbocycles. The van der Waals surface area contributed by atoms with Crippen molar-refractivity contribution in [3.8, 4) is 11.3 Å². The fraction of sp³-hybridized carbons (Fsp3) is 0.476. The Hall–Kier alpha value is -1.90. The molecule has 3 fully saturated rings. The maximum Gasteiger partial charge on any atom is 0.276 e. The summed E-state index contributed by atoms with van der Waals surface area (Å²) in [7, 11) is -3.84. The molecule has 1 atom stereocenters. The van der Waals surface area contributed by atoms with E-state index in [0.717, 1.165) is 28.4 Å². The highest BCUT2D eigenvalue weighted by Crippen LogP contribution is 2.75. The molecule has 2 aliphatic carbocycles. The van der Waals surface area contributed by atoms with Crippen molar-refractivity contribution in [2.75, 3.05) is 13.1 Å². The summed E-state index contributed by atoms with van der Waals surface area (Å²) in [6.07, 6.45) is 2.49. The minimum Gasteiger partial charge on any atom is -0.252 e. The second-order valence-electron chi connectivity index (χ2n) is 8.47. The normalized spacial score (nSPS) is 25.8. The van der Waals surface area contributed by atoms with Crippen LogP contribution in [0.1, 0.15) is 48.8 Å². The maximum absolute atomic E-state index is 15.0. The number of nitrogens with zero attached hydrogens (tertiary/aromatic N) is 2. The van der Waals surface area contributed by atoms with E-state index in [-0.39, 0.29) is 25.9 Å². The van der Waals surface area contributed by atoms with Crippen LogP contribution in [0.3, 0.4) is 0 Å². The SMILES string of the molecule is NS(=O)(=O)N1CCC2(CC1)[C@H](c1cccc(-c3ccccc3C3CC3)n1)C2(F)F. The molecule has 0 bridgehead atoms. The summed E-state index contributed by atoms with van der Waals surface area (Å²) >= 11 is 0. The molecule has 0 unspecified atom stereocenters. The summed E-state index contributed by atoms with van der Waals surface area (Å²) < 4.78 is 54.1. The number of piperidine rings is 1. The van der Waals surface area contributed by atoms with Crippen molar-refractivity contribution in [3.05, 3.63) is 53.7 Å². The van der Waals surface area contributed by atoms with Gasteiger partial charge in [0.05, 0.1) is 22.7 Å². The van der Waals surface area contributed by atoms with Crippen LogP contribution in [-0.2, 0) is 10.2 Å². The zero-order chi connectivity index (χ0) is 20.4. The van der Waals surface area contributed by atoms with Crippen molar-refractivity contribution in [2.24, 2.45) is 10.6 Å². The van der Waals surface area contributed by atoms with Gasteiger partial charge >= 0.3 is 0 Å². The van der Waals surface area contributed by atoms with Gasteiger partial charge in [-0.1, -0.05) is 30.3 Å². The predicted molar refractivity (Wildman–Crippen MR) is 106 cm³/mol. The Kier molecular flexibility index (Phi) is 4.14. The summed E-state index contributed by atoms with van der Waals surface area (Å²) in [5, 5.41) is 5.16. The predicted octanol–water partition coefficient (Wildman–Crippen LogP) is 3.64. The lowest BCUT2D eigenvalue weighted by Crippen LogP contribution is -2.43. The number of alkyl halides is 2. The summed E-state index contributed by atoms with van der Waals surface area (Å²) in [6, 6.07) is 13.4. The van der Waals surface area contributed by atoms with Gasteiger partial charge in [0.2, 0.25) is 0 Å². The van der Waals surface area contributed by atoms with Gasteiger partial charge in [0.25, 0.3) is 16.1 Å². The van der Waals surface area contributed by atoms with Gasteiger partial charge in [-0.05, 0) is 49.3 Å². The first-order valence-electron chi connectivity index (χ1n) is 9.96. The number of pyridine rings is 1. The Labute approximate surface area is 169 Å². The molecule has 0 radical (unpaired) electrons. The van der Waals surface area contributed by atoms with E-state index >= 15 is 0 Å². The summed E-state index contributed by atoms with van der Waals surface area (Å²) in [4.78, 5) is 4.65. The molecule has 154 valence electrons. The molecule has 1 aromatic heterocycles. The first-order chi connectivity index (χ1) is 13.7. The quantitative estimate of drug-likeness (QED) is 0.822. The van der Waals surface area contributed by atoms with Gasteiger partial charge < -0.3 is 0 Å². The van der Waals surface area contributed by atoms with Crippen molar-refractivity contribution in [3.63, 3.8) is 0 Å². The molecular formula is C21H23F2N3O2S. The fourth-order valence-electron chi connectivity index (χ4n) is 4.98. The Morgan fingerprint density at radius 1 is 1.03 bits per heavy atom. The van der Waals surface area contributed by atoms with Gasteiger partial charge in [0.15, 0.2) is 0 Å². The van der Waals surface area contributed by atoms with Crippen LogP contribution in [0.5, 0.6) is 0 Å². The molecule has 3 aliphatic rings. The molecule has 29 heavy (non-hydrogen) atoms. The lowest BCUT2D eigenvalue weighted by atomic mass is 9.90. The van der Waals surface area contributed by atoms with E-state index in [1.807, 2.05) is 24.3 Å². The van der Waals surface area contributed by atoms with E-state index in [9.17, 15) is 17.2 Å². The van der Waals surface area contributed by atoms with Gasteiger partial charge in [-0.25, -0.2) is 13.9 Å². The largest absolute Gasteiger partial charge is 0.276 e. The molecular weight excluding hydrogens is 396 g/mol. The molecule has 2 heterocycles. The Bertz CT molecular complexity index is 1060. The number of rotatable bonds is 4. The summed E-state index contributed by atoms with van der Waals surface area (Å²) in [5.74, 6) is -3.34. The number of aromatic nitrogens is 1. The van der Waals surface area contributed by atoms with Crippen LogP contribution in [0, 0.1) is 5.41 Å². The van der Waals surface area contributed by atoms with Gasteiger partial charge in [0, 0.05) is 18.7 Å². The highest BCUT2D eigenvalue weighted by atomic mass is 32.2. The van der Waals surface area contributed by atoms with Crippen LogP contribution in [0.15, 0.2) is 42.5 Å². The van der Waals surface area contributed by atoms with Crippen molar-refractivity contribution in [1.29, 1.82) is 0 Å². The summed E-state index contributed by atoms with van der Waals surface area (Å²) in [6.45, 7) is 0.0459.